The predicted molar refractivity (Wildman–Crippen MR) is 127 cm³/mol. The summed E-state index contributed by atoms with van der Waals surface area (Å²) >= 11 is 6.08. The molecule has 0 fully saturated rings. The zero-order valence-electron chi connectivity index (χ0n) is 18.3. The van der Waals surface area contributed by atoms with Gasteiger partial charge in [-0.2, -0.15) is 0 Å². The minimum absolute atomic E-state index is 0.184. The summed E-state index contributed by atoms with van der Waals surface area (Å²) in [6.07, 6.45) is 0.402. The van der Waals surface area contributed by atoms with Gasteiger partial charge in [-0.25, -0.2) is 0 Å². The van der Waals surface area contributed by atoms with Crippen LogP contribution in [-0.4, -0.2) is 36.4 Å². The first-order valence-electron chi connectivity index (χ1n) is 10.5. The van der Waals surface area contributed by atoms with Crippen LogP contribution in [0.3, 0.4) is 0 Å². The standard InChI is InChI=1S/C26H27ClN2O3/c1-19-15-22(13-14-23(19)27)32-18-25(30)29(17-21-11-7-4-8-12-21)24(26(31)28-2)16-20-9-5-3-6-10-20/h3-15,24H,16-18H2,1-2H3,(H,28,31). The molecule has 0 bridgehead atoms. The van der Waals surface area contributed by atoms with E-state index in [1.807, 2.05) is 67.6 Å². The Kier molecular flexibility index (Phi) is 8.28. The molecular weight excluding hydrogens is 424 g/mol. The highest BCUT2D eigenvalue weighted by atomic mass is 35.5. The van der Waals surface area contributed by atoms with E-state index in [-0.39, 0.29) is 18.4 Å². The van der Waals surface area contributed by atoms with Crippen LogP contribution >= 0.6 is 11.6 Å². The van der Waals surface area contributed by atoms with Crippen molar-refractivity contribution in [3.63, 3.8) is 0 Å². The monoisotopic (exact) mass is 450 g/mol. The molecule has 1 atom stereocenters. The van der Waals surface area contributed by atoms with Crippen molar-refractivity contribution in [1.82, 2.24) is 10.2 Å². The maximum Gasteiger partial charge on any atom is 0.261 e. The summed E-state index contributed by atoms with van der Waals surface area (Å²) in [5.74, 6) is 0.0610. The number of likely N-dealkylation sites (N-methyl/N-ethyl adjacent to an activating group) is 1. The SMILES string of the molecule is CNC(=O)C(Cc1ccccc1)N(Cc1ccccc1)C(=O)COc1ccc(Cl)c(C)c1. The van der Waals surface area contributed by atoms with E-state index >= 15 is 0 Å². The molecule has 0 spiro atoms. The van der Waals surface area contributed by atoms with Crippen molar-refractivity contribution in [2.45, 2.75) is 25.9 Å². The van der Waals surface area contributed by atoms with Crippen molar-refractivity contribution in [1.29, 1.82) is 0 Å². The Morgan fingerprint density at radius 2 is 1.59 bits per heavy atom. The van der Waals surface area contributed by atoms with Crippen LogP contribution in [0.15, 0.2) is 78.9 Å². The van der Waals surface area contributed by atoms with Gasteiger partial charge in [-0.3, -0.25) is 9.59 Å². The van der Waals surface area contributed by atoms with E-state index in [4.69, 9.17) is 16.3 Å². The third-order valence-electron chi connectivity index (χ3n) is 5.20. The lowest BCUT2D eigenvalue weighted by Crippen LogP contribution is -2.51. The molecule has 0 aliphatic carbocycles. The van der Waals surface area contributed by atoms with Crippen molar-refractivity contribution >= 4 is 23.4 Å². The molecule has 0 aliphatic rings. The molecule has 0 heterocycles. The number of halogens is 1. The molecule has 0 aromatic heterocycles. The molecule has 6 heteroatoms. The van der Waals surface area contributed by atoms with Gasteiger partial charge in [0, 0.05) is 25.0 Å². The molecule has 32 heavy (non-hydrogen) atoms. The number of benzene rings is 3. The van der Waals surface area contributed by atoms with E-state index < -0.39 is 6.04 Å². The number of nitrogens with zero attached hydrogens (tertiary/aromatic N) is 1. The fourth-order valence-electron chi connectivity index (χ4n) is 3.44. The number of nitrogens with one attached hydrogen (secondary N) is 1. The topological polar surface area (TPSA) is 58.6 Å². The highest BCUT2D eigenvalue weighted by Crippen LogP contribution is 2.21. The van der Waals surface area contributed by atoms with Gasteiger partial charge in [0.05, 0.1) is 0 Å². The summed E-state index contributed by atoms with van der Waals surface area (Å²) in [7, 11) is 1.58. The van der Waals surface area contributed by atoms with Crippen LogP contribution in [-0.2, 0) is 22.6 Å². The fourth-order valence-corrected chi connectivity index (χ4v) is 3.55. The largest absolute Gasteiger partial charge is 0.484 e. The van der Waals surface area contributed by atoms with Gasteiger partial charge in [0.25, 0.3) is 5.91 Å². The maximum atomic E-state index is 13.3. The van der Waals surface area contributed by atoms with Gasteiger partial charge >= 0.3 is 0 Å². The van der Waals surface area contributed by atoms with Crippen LogP contribution in [0.4, 0.5) is 0 Å². The normalized spacial score (nSPS) is 11.5. The molecule has 3 aromatic rings. The second-order valence-electron chi connectivity index (χ2n) is 7.53. The number of aryl methyl sites for hydroxylation is 1. The number of carbonyl (C=O) groups excluding carboxylic acids is 2. The van der Waals surface area contributed by atoms with Crippen molar-refractivity contribution in [3.05, 3.63) is 101 Å². The second kappa shape index (κ2) is 11.3. The van der Waals surface area contributed by atoms with Crippen LogP contribution in [0.5, 0.6) is 5.75 Å². The fraction of sp³-hybridized carbons (Fsp3) is 0.231. The van der Waals surface area contributed by atoms with E-state index in [9.17, 15) is 9.59 Å². The summed E-state index contributed by atoms with van der Waals surface area (Å²) in [6, 6.07) is 23.9. The van der Waals surface area contributed by atoms with E-state index in [1.165, 1.54) is 0 Å². The van der Waals surface area contributed by atoms with Gasteiger partial charge in [-0.05, 0) is 41.8 Å². The first-order chi connectivity index (χ1) is 15.5. The van der Waals surface area contributed by atoms with Gasteiger partial charge in [0.2, 0.25) is 5.91 Å². The Labute approximate surface area is 194 Å². The zero-order chi connectivity index (χ0) is 22.9. The summed E-state index contributed by atoms with van der Waals surface area (Å²) in [5, 5.41) is 3.34. The molecule has 3 aromatic carbocycles. The minimum atomic E-state index is -0.675. The maximum absolute atomic E-state index is 13.3. The second-order valence-corrected chi connectivity index (χ2v) is 7.93. The number of ether oxygens (including phenoxy) is 1. The summed E-state index contributed by atoms with van der Waals surface area (Å²) in [4.78, 5) is 27.8. The van der Waals surface area contributed by atoms with E-state index in [0.717, 1.165) is 16.7 Å². The predicted octanol–water partition coefficient (Wildman–Crippen LogP) is 4.41. The Morgan fingerprint density at radius 3 is 2.19 bits per heavy atom. The lowest BCUT2D eigenvalue weighted by molar-refractivity contribution is -0.142. The average Bonchev–Trinajstić information content (AvgIpc) is 2.82. The molecule has 166 valence electrons. The Morgan fingerprint density at radius 1 is 0.969 bits per heavy atom. The number of rotatable bonds is 9. The quantitative estimate of drug-likeness (QED) is 0.525. The van der Waals surface area contributed by atoms with Crippen molar-refractivity contribution in [3.8, 4) is 5.75 Å². The van der Waals surface area contributed by atoms with E-state index in [0.29, 0.717) is 23.7 Å². The highest BCUT2D eigenvalue weighted by molar-refractivity contribution is 6.31. The van der Waals surface area contributed by atoms with E-state index in [2.05, 4.69) is 5.32 Å². The molecular formula is C26H27ClN2O3. The summed E-state index contributed by atoms with van der Waals surface area (Å²) in [6.45, 7) is 1.99. The van der Waals surface area contributed by atoms with Gasteiger partial charge in [0.1, 0.15) is 11.8 Å². The molecule has 0 saturated carbocycles. The molecule has 0 aliphatic heterocycles. The smallest absolute Gasteiger partial charge is 0.261 e. The average molecular weight is 451 g/mol. The lowest BCUT2D eigenvalue weighted by Gasteiger charge is -2.31. The van der Waals surface area contributed by atoms with Crippen LogP contribution in [0.25, 0.3) is 0 Å². The molecule has 2 amide bonds. The first-order valence-corrected chi connectivity index (χ1v) is 10.8. The van der Waals surface area contributed by atoms with Crippen molar-refractivity contribution < 1.29 is 14.3 Å². The van der Waals surface area contributed by atoms with Crippen molar-refractivity contribution in [2.24, 2.45) is 0 Å². The van der Waals surface area contributed by atoms with Crippen LogP contribution < -0.4 is 10.1 Å². The number of amides is 2. The molecule has 3 rings (SSSR count). The molecule has 1 N–H and O–H groups in total. The molecule has 5 nitrogen and oxygen atoms in total. The van der Waals surface area contributed by atoms with Crippen LogP contribution in [0.1, 0.15) is 16.7 Å². The third kappa shape index (κ3) is 6.34. The summed E-state index contributed by atoms with van der Waals surface area (Å²) in [5.41, 5.74) is 2.77. The van der Waals surface area contributed by atoms with Crippen LogP contribution in [0, 0.1) is 6.92 Å². The minimum Gasteiger partial charge on any atom is -0.484 e. The first kappa shape index (κ1) is 23.4. The number of carbonyl (C=O) groups is 2. The van der Waals surface area contributed by atoms with Gasteiger partial charge < -0.3 is 15.0 Å². The number of hydrogen-bond acceptors (Lipinski definition) is 3. The van der Waals surface area contributed by atoms with E-state index in [1.54, 1.807) is 30.1 Å². The Balaban J connectivity index is 1.84. The lowest BCUT2D eigenvalue weighted by atomic mass is 10.0. The molecule has 0 saturated heterocycles. The molecule has 0 radical (unpaired) electrons. The Bertz CT molecular complexity index is 1040. The molecule has 1 unspecified atom stereocenters. The van der Waals surface area contributed by atoms with Crippen LogP contribution in [0.2, 0.25) is 5.02 Å². The Hall–Kier alpha value is -3.31. The van der Waals surface area contributed by atoms with Gasteiger partial charge in [-0.1, -0.05) is 72.3 Å². The third-order valence-corrected chi connectivity index (χ3v) is 5.63. The summed E-state index contributed by atoms with van der Waals surface area (Å²) < 4.78 is 5.75. The zero-order valence-corrected chi connectivity index (χ0v) is 19.0. The van der Waals surface area contributed by atoms with Gasteiger partial charge in [0.15, 0.2) is 6.61 Å². The number of hydrogen-bond donors (Lipinski definition) is 1. The highest BCUT2D eigenvalue weighted by Gasteiger charge is 2.30. The van der Waals surface area contributed by atoms with Crippen molar-refractivity contribution in [2.75, 3.05) is 13.7 Å². The van der Waals surface area contributed by atoms with Gasteiger partial charge in [-0.15, -0.1) is 0 Å².